The van der Waals surface area contributed by atoms with Crippen molar-refractivity contribution in [1.82, 2.24) is 4.90 Å². The van der Waals surface area contributed by atoms with Gasteiger partial charge in [0.1, 0.15) is 0 Å². The van der Waals surface area contributed by atoms with Crippen molar-refractivity contribution in [2.75, 3.05) is 26.7 Å². The minimum absolute atomic E-state index is 0.0565. The average molecular weight is 277 g/mol. The van der Waals surface area contributed by atoms with E-state index in [9.17, 15) is 9.90 Å². The standard InChI is InChI=1S/C16H23NO3/c1-12-5-7-13(8-6-12)15(18)11-17-9-3-4-14(10-17)16(19)20-2/h5-8,14-15,18H,3-4,9-11H2,1-2H3. The van der Waals surface area contributed by atoms with Crippen LogP contribution < -0.4 is 0 Å². The van der Waals surface area contributed by atoms with Gasteiger partial charge in [-0.15, -0.1) is 0 Å². The number of piperidine rings is 1. The lowest BCUT2D eigenvalue weighted by atomic mass is 9.97. The Hall–Kier alpha value is -1.39. The third-order valence-corrected chi connectivity index (χ3v) is 3.93. The Kier molecular flexibility index (Phi) is 5.15. The van der Waals surface area contributed by atoms with Crippen LogP contribution in [0.4, 0.5) is 0 Å². The lowest BCUT2D eigenvalue weighted by Gasteiger charge is -2.32. The molecular formula is C16H23NO3. The predicted octanol–water partition coefficient (Wildman–Crippen LogP) is 1.91. The summed E-state index contributed by atoms with van der Waals surface area (Å²) in [4.78, 5) is 13.7. The molecule has 110 valence electrons. The molecule has 2 atom stereocenters. The number of methoxy groups -OCH3 is 1. The first-order valence-electron chi connectivity index (χ1n) is 7.15. The molecule has 0 spiro atoms. The van der Waals surface area contributed by atoms with Crippen LogP contribution >= 0.6 is 0 Å². The van der Waals surface area contributed by atoms with Gasteiger partial charge in [0.15, 0.2) is 0 Å². The number of β-amino-alcohol motifs (C(OH)–C–C–N with tert-alkyl or cyclic N) is 1. The molecule has 1 aliphatic rings. The van der Waals surface area contributed by atoms with Crippen LogP contribution in [0.5, 0.6) is 0 Å². The van der Waals surface area contributed by atoms with Crippen LogP contribution in [-0.4, -0.2) is 42.7 Å². The Bertz CT molecular complexity index is 444. The van der Waals surface area contributed by atoms with Crippen molar-refractivity contribution >= 4 is 5.97 Å². The number of carbonyl (C=O) groups is 1. The summed E-state index contributed by atoms with van der Waals surface area (Å²) >= 11 is 0. The summed E-state index contributed by atoms with van der Waals surface area (Å²) in [7, 11) is 1.43. The van der Waals surface area contributed by atoms with E-state index in [0.717, 1.165) is 24.9 Å². The Morgan fingerprint density at radius 1 is 1.45 bits per heavy atom. The van der Waals surface area contributed by atoms with Crippen LogP contribution in [0.15, 0.2) is 24.3 Å². The highest BCUT2D eigenvalue weighted by atomic mass is 16.5. The molecule has 1 saturated heterocycles. The molecule has 1 fully saturated rings. The first-order chi connectivity index (χ1) is 9.60. The number of aliphatic hydroxyl groups excluding tert-OH is 1. The average Bonchev–Trinajstić information content (AvgIpc) is 2.47. The highest BCUT2D eigenvalue weighted by molar-refractivity contribution is 5.72. The molecule has 2 unspecified atom stereocenters. The van der Waals surface area contributed by atoms with Gasteiger partial charge >= 0.3 is 5.97 Å². The van der Waals surface area contributed by atoms with E-state index in [2.05, 4.69) is 4.90 Å². The number of rotatable bonds is 4. The Balaban J connectivity index is 1.92. The SMILES string of the molecule is COC(=O)C1CCCN(CC(O)c2ccc(C)cc2)C1. The molecule has 0 aromatic heterocycles. The molecule has 0 bridgehead atoms. The van der Waals surface area contributed by atoms with Gasteiger partial charge < -0.3 is 9.84 Å². The maximum Gasteiger partial charge on any atom is 0.309 e. The van der Waals surface area contributed by atoms with Gasteiger partial charge in [-0.25, -0.2) is 0 Å². The normalized spacial score (nSPS) is 21.4. The van der Waals surface area contributed by atoms with Gasteiger partial charge in [0, 0.05) is 13.1 Å². The van der Waals surface area contributed by atoms with Crippen LogP contribution in [0.2, 0.25) is 0 Å². The molecule has 1 N–H and O–H groups in total. The number of nitrogens with zero attached hydrogens (tertiary/aromatic N) is 1. The van der Waals surface area contributed by atoms with Crippen molar-refractivity contribution in [2.24, 2.45) is 5.92 Å². The second-order valence-electron chi connectivity index (χ2n) is 5.55. The van der Waals surface area contributed by atoms with Crippen LogP contribution in [-0.2, 0) is 9.53 Å². The zero-order valence-corrected chi connectivity index (χ0v) is 12.2. The smallest absolute Gasteiger partial charge is 0.309 e. The van der Waals surface area contributed by atoms with E-state index in [-0.39, 0.29) is 11.9 Å². The number of aryl methyl sites for hydroxylation is 1. The number of hydrogen-bond donors (Lipinski definition) is 1. The van der Waals surface area contributed by atoms with Crippen molar-refractivity contribution in [3.63, 3.8) is 0 Å². The summed E-state index contributed by atoms with van der Waals surface area (Å²) in [6.07, 6.45) is 1.34. The topological polar surface area (TPSA) is 49.8 Å². The molecule has 1 heterocycles. The van der Waals surface area contributed by atoms with Gasteiger partial charge in [0.25, 0.3) is 0 Å². The van der Waals surface area contributed by atoms with Crippen molar-refractivity contribution in [3.8, 4) is 0 Å². The van der Waals surface area contributed by atoms with E-state index in [1.165, 1.54) is 12.7 Å². The molecule has 0 saturated carbocycles. The number of benzene rings is 1. The largest absolute Gasteiger partial charge is 0.469 e. The Morgan fingerprint density at radius 2 is 2.15 bits per heavy atom. The van der Waals surface area contributed by atoms with Gasteiger partial charge in [-0.1, -0.05) is 29.8 Å². The molecule has 1 aliphatic heterocycles. The molecule has 20 heavy (non-hydrogen) atoms. The number of carbonyl (C=O) groups excluding carboxylic acids is 1. The van der Waals surface area contributed by atoms with E-state index in [1.54, 1.807) is 0 Å². The van der Waals surface area contributed by atoms with E-state index in [0.29, 0.717) is 13.1 Å². The first kappa shape index (κ1) is 15.0. The van der Waals surface area contributed by atoms with Gasteiger partial charge in [-0.2, -0.15) is 0 Å². The molecule has 4 heteroatoms. The number of aliphatic hydroxyl groups is 1. The number of ether oxygens (including phenoxy) is 1. The van der Waals surface area contributed by atoms with E-state index >= 15 is 0 Å². The summed E-state index contributed by atoms with van der Waals surface area (Å²) in [5.41, 5.74) is 2.11. The second-order valence-corrected chi connectivity index (χ2v) is 5.55. The highest BCUT2D eigenvalue weighted by Gasteiger charge is 2.27. The van der Waals surface area contributed by atoms with Crippen LogP contribution in [0.25, 0.3) is 0 Å². The number of esters is 1. The molecule has 0 radical (unpaired) electrons. The van der Waals surface area contributed by atoms with Crippen molar-refractivity contribution in [1.29, 1.82) is 0 Å². The van der Waals surface area contributed by atoms with E-state index < -0.39 is 6.10 Å². The maximum absolute atomic E-state index is 11.6. The lowest BCUT2D eigenvalue weighted by molar-refractivity contribution is -0.147. The van der Waals surface area contributed by atoms with Crippen LogP contribution in [0, 0.1) is 12.8 Å². The highest BCUT2D eigenvalue weighted by Crippen LogP contribution is 2.21. The molecule has 0 aliphatic carbocycles. The molecular weight excluding hydrogens is 254 g/mol. The fourth-order valence-corrected chi connectivity index (χ4v) is 2.72. The molecule has 1 aromatic rings. The van der Waals surface area contributed by atoms with Crippen molar-refractivity contribution in [2.45, 2.75) is 25.9 Å². The minimum Gasteiger partial charge on any atom is -0.469 e. The first-order valence-corrected chi connectivity index (χ1v) is 7.15. The fourth-order valence-electron chi connectivity index (χ4n) is 2.72. The monoisotopic (exact) mass is 277 g/mol. The summed E-state index contributed by atoms with van der Waals surface area (Å²) < 4.78 is 4.81. The zero-order chi connectivity index (χ0) is 14.5. The lowest BCUT2D eigenvalue weighted by Crippen LogP contribution is -2.41. The van der Waals surface area contributed by atoms with E-state index in [4.69, 9.17) is 4.74 Å². The van der Waals surface area contributed by atoms with Gasteiger partial charge in [0.2, 0.25) is 0 Å². The third-order valence-electron chi connectivity index (χ3n) is 3.93. The van der Waals surface area contributed by atoms with E-state index in [1.807, 2.05) is 31.2 Å². The molecule has 4 nitrogen and oxygen atoms in total. The second kappa shape index (κ2) is 6.86. The predicted molar refractivity (Wildman–Crippen MR) is 77.3 cm³/mol. The molecule has 1 aromatic carbocycles. The fraction of sp³-hybridized carbons (Fsp3) is 0.562. The van der Waals surface area contributed by atoms with Crippen LogP contribution in [0.1, 0.15) is 30.1 Å². The number of hydrogen-bond acceptors (Lipinski definition) is 4. The zero-order valence-electron chi connectivity index (χ0n) is 12.2. The van der Waals surface area contributed by atoms with Crippen molar-refractivity contribution in [3.05, 3.63) is 35.4 Å². The quantitative estimate of drug-likeness (QED) is 0.854. The number of likely N-dealkylation sites (tertiary alicyclic amines) is 1. The maximum atomic E-state index is 11.6. The van der Waals surface area contributed by atoms with Crippen LogP contribution in [0.3, 0.4) is 0 Å². The Morgan fingerprint density at radius 3 is 2.80 bits per heavy atom. The molecule has 0 amide bonds. The summed E-state index contributed by atoms with van der Waals surface area (Å²) in [5, 5.41) is 10.3. The summed E-state index contributed by atoms with van der Waals surface area (Å²) in [6.45, 7) is 4.20. The van der Waals surface area contributed by atoms with Gasteiger partial charge in [0.05, 0.1) is 19.1 Å². The summed E-state index contributed by atoms with van der Waals surface area (Å²) in [6, 6.07) is 7.93. The Labute approximate surface area is 120 Å². The molecule has 2 rings (SSSR count). The van der Waals surface area contributed by atoms with Gasteiger partial charge in [-0.3, -0.25) is 9.69 Å². The summed E-state index contributed by atoms with van der Waals surface area (Å²) in [5.74, 6) is -0.196. The third kappa shape index (κ3) is 3.81. The van der Waals surface area contributed by atoms with Gasteiger partial charge in [-0.05, 0) is 31.9 Å². The van der Waals surface area contributed by atoms with Crippen molar-refractivity contribution < 1.29 is 14.6 Å². The minimum atomic E-state index is -0.507.